The number of aliphatic hydroxyl groups is 1. The molecule has 1 rings (SSSR count). The highest BCUT2D eigenvalue weighted by Crippen LogP contribution is 2.11. The van der Waals surface area contributed by atoms with Crippen LogP contribution >= 0.6 is 0 Å². The minimum atomic E-state index is -3.30. The van der Waals surface area contributed by atoms with E-state index in [4.69, 9.17) is 5.11 Å². The number of sulfonamides is 1. The average molecular weight is 286 g/mol. The molecule has 1 aromatic rings. The lowest BCUT2D eigenvalue weighted by atomic mass is 10.2. The van der Waals surface area contributed by atoms with Gasteiger partial charge < -0.3 is 10.4 Å². The van der Waals surface area contributed by atoms with Crippen LogP contribution in [0.15, 0.2) is 24.3 Å². The van der Waals surface area contributed by atoms with Gasteiger partial charge in [-0.3, -0.25) is 4.72 Å². The molecule has 0 radical (unpaired) electrons. The lowest BCUT2D eigenvalue weighted by Crippen LogP contribution is -2.26. The van der Waals surface area contributed by atoms with Crippen molar-refractivity contribution in [3.63, 3.8) is 0 Å². The van der Waals surface area contributed by atoms with Gasteiger partial charge in [-0.1, -0.05) is 26.0 Å². The minimum absolute atomic E-state index is 0.0477. The summed E-state index contributed by atoms with van der Waals surface area (Å²) in [6, 6.07) is 7.04. The summed E-state index contributed by atoms with van der Waals surface area (Å²) < 4.78 is 26.1. The summed E-state index contributed by atoms with van der Waals surface area (Å²) in [7, 11) is -3.30. The molecule has 6 heteroatoms. The highest BCUT2D eigenvalue weighted by Gasteiger charge is 2.09. The fraction of sp³-hybridized carbons (Fsp3) is 0.538. The fourth-order valence-corrected chi connectivity index (χ4v) is 2.68. The van der Waals surface area contributed by atoms with Crippen molar-refractivity contribution in [3.8, 4) is 0 Å². The Balaban J connectivity index is 2.44. The van der Waals surface area contributed by atoms with Crippen LogP contribution in [0.4, 0.5) is 5.69 Å². The van der Waals surface area contributed by atoms with Gasteiger partial charge in [0.05, 0.1) is 12.4 Å². The van der Waals surface area contributed by atoms with E-state index in [1.165, 1.54) is 0 Å². The Labute approximate surface area is 115 Å². The molecule has 0 aliphatic heterocycles. The first-order chi connectivity index (χ1) is 8.93. The third-order valence-corrected chi connectivity index (χ3v) is 3.93. The van der Waals surface area contributed by atoms with E-state index in [2.05, 4.69) is 10.0 Å². The lowest BCUT2D eigenvalue weighted by Gasteiger charge is -2.10. The molecule has 3 N–H and O–H groups in total. The molecule has 19 heavy (non-hydrogen) atoms. The van der Waals surface area contributed by atoms with Crippen molar-refractivity contribution in [2.45, 2.75) is 32.9 Å². The smallest absolute Gasteiger partial charge is 0.232 e. The molecule has 5 nitrogen and oxygen atoms in total. The fourth-order valence-electron chi connectivity index (χ4n) is 1.56. The first-order valence-corrected chi connectivity index (χ1v) is 8.02. The average Bonchev–Trinajstić information content (AvgIpc) is 2.35. The van der Waals surface area contributed by atoms with Gasteiger partial charge in [0.2, 0.25) is 10.0 Å². The van der Waals surface area contributed by atoms with Gasteiger partial charge in [0.15, 0.2) is 0 Å². The van der Waals surface area contributed by atoms with Gasteiger partial charge in [-0.05, 0) is 30.7 Å². The van der Waals surface area contributed by atoms with Crippen LogP contribution < -0.4 is 10.0 Å². The Morgan fingerprint density at radius 3 is 2.37 bits per heavy atom. The van der Waals surface area contributed by atoms with E-state index in [-0.39, 0.29) is 12.4 Å². The third kappa shape index (κ3) is 6.56. The Hall–Kier alpha value is -1.11. The number of aliphatic hydroxyl groups excluding tert-OH is 1. The topological polar surface area (TPSA) is 78.4 Å². The van der Waals surface area contributed by atoms with Crippen LogP contribution in [0.1, 0.15) is 25.8 Å². The maximum absolute atomic E-state index is 11.8. The van der Waals surface area contributed by atoms with E-state index < -0.39 is 10.0 Å². The zero-order valence-electron chi connectivity index (χ0n) is 11.4. The molecule has 0 saturated heterocycles. The van der Waals surface area contributed by atoms with E-state index in [1.807, 2.05) is 13.8 Å². The van der Waals surface area contributed by atoms with Crippen molar-refractivity contribution in [2.75, 3.05) is 17.0 Å². The summed E-state index contributed by atoms with van der Waals surface area (Å²) in [6.45, 7) is 4.68. The van der Waals surface area contributed by atoms with Crippen LogP contribution in [0.2, 0.25) is 0 Å². The lowest BCUT2D eigenvalue weighted by molar-refractivity contribution is 0.282. The van der Waals surface area contributed by atoms with Gasteiger partial charge in [-0.15, -0.1) is 0 Å². The predicted octanol–water partition coefficient (Wildman–Crippen LogP) is 1.31. The van der Waals surface area contributed by atoms with Gasteiger partial charge in [0, 0.05) is 11.7 Å². The summed E-state index contributed by atoms with van der Waals surface area (Å²) >= 11 is 0. The van der Waals surface area contributed by atoms with E-state index in [0.29, 0.717) is 24.7 Å². The summed E-state index contributed by atoms with van der Waals surface area (Å²) in [5.41, 5.74) is 1.28. The second-order valence-electron chi connectivity index (χ2n) is 4.74. The van der Waals surface area contributed by atoms with Gasteiger partial charge in [0.1, 0.15) is 0 Å². The third-order valence-electron chi connectivity index (χ3n) is 2.55. The molecular formula is C13H22N2O3S. The Kier molecular flexibility index (Phi) is 6.27. The molecule has 0 atom stereocenters. The number of hydrogen-bond acceptors (Lipinski definition) is 4. The second kappa shape index (κ2) is 7.47. The maximum Gasteiger partial charge on any atom is 0.232 e. The van der Waals surface area contributed by atoms with Crippen LogP contribution in [0.3, 0.4) is 0 Å². The normalized spacial score (nSPS) is 11.8. The summed E-state index contributed by atoms with van der Waals surface area (Å²) in [6.07, 6.45) is 0.572. The molecule has 0 unspecified atom stereocenters. The molecule has 0 fully saturated rings. The van der Waals surface area contributed by atoms with Gasteiger partial charge in [-0.25, -0.2) is 8.42 Å². The highest BCUT2D eigenvalue weighted by molar-refractivity contribution is 7.92. The van der Waals surface area contributed by atoms with Crippen molar-refractivity contribution < 1.29 is 13.5 Å². The number of anilines is 1. The molecule has 1 aromatic carbocycles. The van der Waals surface area contributed by atoms with Gasteiger partial charge in [0.25, 0.3) is 0 Å². The molecule has 0 aromatic heterocycles. The van der Waals surface area contributed by atoms with Crippen molar-refractivity contribution in [1.82, 2.24) is 5.32 Å². The molecule has 0 saturated carbocycles. The van der Waals surface area contributed by atoms with E-state index in [0.717, 1.165) is 5.56 Å². The first-order valence-electron chi connectivity index (χ1n) is 6.36. The number of benzene rings is 1. The standard InChI is InChI=1S/C13H22N2O3S/c1-11(2)14-8-3-9-19(17,18)15-13-6-4-12(10-16)5-7-13/h4-7,11,14-16H,3,8-10H2,1-2H3. The Bertz CT molecular complexity index is 469. The number of nitrogens with one attached hydrogen (secondary N) is 2. The molecule has 0 aliphatic rings. The summed E-state index contributed by atoms with van der Waals surface area (Å²) in [4.78, 5) is 0. The van der Waals surface area contributed by atoms with Crippen molar-refractivity contribution >= 4 is 15.7 Å². The van der Waals surface area contributed by atoms with Crippen molar-refractivity contribution in [1.29, 1.82) is 0 Å². The van der Waals surface area contributed by atoms with Crippen LogP contribution in [-0.2, 0) is 16.6 Å². The van der Waals surface area contributed by atoms with E-state index in [1.54, 1.807) is 24.3 Å². The van der Waals surface area contributed by atoms with Crippen LogP contribution in [0, 0.1) is 0 Å². The Morgan fingerprint density at radius 2 is 1.84 bits per heavy atom. The molecule has 0 spiro atoms. The van der Waals surface area contributed by atoms with Crippen molar-refractivity contribution in [3.05, 3.63) is 29.8 Å². The molecule has 0 bridgehead atoms. The molecule has 0 aliphatic carbocycles. The molecular weight excluding hydrogens is 264 g/mol. The summed E-state index contributed by atoms with van der Waals surface area (Å²) in [5.74, 6) is 0.0917. The van der Waals surface area contributed by atoms with Crippen molar-refractivity contribution in [2.24, 2.45) is 0 Å². The predicted molar refractivity (Wildman–Crippen MR) is 77.5 cm³/mol. The maximum atomic E-state index is 11.8. The Morgan fingerprint density at radius 1 is 1.21 bits per heavy atom. The highest BCUT2D eigenvalue weighted by atomic mass is 32.2. The second-order valence-corrected chi connectivity index (χ2v) is 6.58. The monoisotopic (exact) mass is 286 g/mol. The van der Waals surface area contributed by atoms with Crippen LogP contribution in [0.5, 0.6) is 0 Å². The zero-order chi connectivity index (χ0) is 14.3. The first kappa shape index (κ1) is 15.9. The molecule has 108 valence electrons. The SMILES string of the molecule is CC(C)NCCCS(=O)(=O)Nc1ccc(CO)cc1. The van der Waals surface area contributed by atoms with E-state index in [9.17, 15) is 8.42 Å². The molecule has 0 amide bonds. The number of hydrogen-bond donors (Lipinski definition) is 3. The van der Waals surface area contributed by atoms with E-state index >= 15 is 0 Å². The quantitative estimate of drug-likeness (QED) is 0.630. The number of rotatable bonds is 8. The largest absolute Gasteiger partial charge is 0.392 e. The van der Waals surface area contributed by atoms with Gasteiger partial charge in [-0.2, -0.15) is 0 Å². The molecule has 0 heterocycles. The van der Waals surface area contributed by atoms with Crippen LogP contribution in [0.25, 0.3) is 0 Å². The minimum Gasteiger partial charge on any atom is -0.392 e. The zero-order valence-corrected chi connectivity index (χ0v) is 12.2. The van der Waals surface area contributed by atoms with Gasteiger partial charge >= 0.3 is 0 Å². The summed E-state index contributed by atoms with van der Waals surface area (Å²) in [5, 5.41) is 12.1. The van der Waals surface area contributed by atoms with Crippen LogP contribution in [-0.4, -0.2) is 31.9 Å².